The standard InChI is InChI=1S/C15H19F3N2O/c1-2-19-5-7-20(8-6-19)10-13-4-3-12(11-21)9-14(13)15(16,17)18/h3-4,9,11H,2,5-8,10H2,1H3. The maximum absolute atomic E-state index is 13.1. The smallest absolute Gasteiger partial charge is 0.301 e. The first-order chi connectivity index (χ1) is 9.94. The fourth-order valence-corrected chi connectivity index (χ4v) is 2.57. The molecule has 6 heteroatoms. The number of benzene rings is 1. The number of aldehydes is 1. The van der Waals surface area contributed by atoms with Crippen LogP contribution in [0.1, 0.15) is 28.4 Å². The predicted octanol–water partition coefficient (Wildman–Crippen LogP) is 2.66. The summed E-state index contributed by atoms with van der Waals surface area (Å²) < 4.78 is 39.3. The molecule has 0 spiro atoms. The molecule has 1 saturated heterocycles. The van der Waals surface area contributed by atoms with E-state index in [0.717, 1.165) is 38.8 Å². The zero-order valence-corrected chi connectivity index (χ0v) is 12.0. The van der Waals surface area contributed by atoms with E-state index in [0.29, 0.717) is 6.29 Å². The first-order valence-corrected chi connectivity index (χ1v) is 7.04. The maximum atomic E-state index is 13.1. The molecule has 3 nitrogen and oxygen atoms in total. The molecule has 1 aromatic rings. The Morgan fingerprint density at radius 3 is 2.29 bits per heavy atom. The third-order valence-electron chi connectivity index (χ3n) is 3.88. The number of halogens is 3. The minimum Gasteiger partial charge on any atom is -0.301 e. The Morgan fingerprint density at radius 1 is 1.14 bits per heavy atom. The van der Waals surface area contributed by atoms with E-state index in [1.807, 2.05) is 4.90 Å². The van der Waals surface area contributed by atoms with E-state index >= 15 is 0 Å². The number of nitrogens with zero attached hydrogens (tertiary/aromatic N) is 2. The molecule has 1 aliphatic rings. The highest BCUT2D eigenvalue weighted by Gasteiger charge is 2.34. The first-order valence-electron chi connectivity index (χ1n) is 7.04. The highest BCUT2D eigenvalue weighted by molar-refractivity contribution is 5.75. The van der Waals surface area contributed by atoms with Crippen LogP contribution < -0.4 is 0 Å². The molecule has 21 heavy (non-hydrogen) atoms. The van der Waals surface area contributed by atoms with Crippen LogP contribution in [0.2, 0.25) is 0 Å². The number of likely N-dealkylation sites (N-methyl/N-ethyl adjacent to an activating group) is 1. The summed E-state index contributed by atoms with van der Waals surface area (Å²) in [6.07, 6.45) is -3.99. The van der Waals surface area contributed by atoms with Crippen molar-refractivity contribution in [1.29, 1.82) is 0 Å². The van der Waals surface area contributed by atoms with Gasteiger partial charge in [0.15, 0.2) is 0 Å². The monoisotopic (exact) mass is 300 g/mol. The quantitative estimate of drug-likeness (QED) is 0.799. The summed E-state index contributed by atoms with van der Waals surface area (Å²) in [7, 11) is 0. The molecule has 1 fully saturated rings. The Morgan fingerprint density at radius 2 is 1.76 bits per heavy atom. The summed E-state index contributed by atoms with van der Waals surface area (Å²) >= 11 is 0. The van der Waals surface area contributed by atoms with Gasteiger partial charge in [-0.2, -0.15) is 13.2 Å². The van der Waals surface area contributed by atoms with Crippen molar-refractivity contribution in [2.24, 2.45) is 0 Å². The Kier molecular flexibility index (Phi) is 5.00. The van der Waals surface area contributed by atoms with E-state index in [4.69, 9.17) is 0 Å². The summed E-state index contributed by atoms with van der Waals surface area (Å²) in [6, 6.07) is 3.79. The fraction of sp³-hybridized carbons (Fsp3) is 0.533. The molecule has 0 N–H and O–H groups in total. The third kappa shape index (κ3) is 4.04. The Labute approximate surface area is 122 Å². The van der Waals surface area contributed by atoms with Gasteiger partial charge >= 0.3 is 6.18 Å². The number of hydrogen-bond acceptors (Lipinski definition) is 3. The number of piperazine rings is 1. The van der Waals surface area contributed by atoms with Crippen LogP contribution in [-0.2, 0) is 12.7 Å². The second-order valence-corrected chi connectivity index (χ2v) is 5.24. The van der Waals surface area contributed by atoms with E-state index in [2.05, 4.69) is 11.8 Å². The van der Waals surface area contributed by atoms with Gasteiger partial charge in [-0.3, -0.25) is 9.69 Å². The van der Waals surface area contributed by atoms with Crippen molar-refractivity contribution in [3.05, 3.63) is 34.9 Å². The predicted molar refractivity (Wildman–Crippen MR) is 74.2 cm³/mol. The minimum atomic E-state index is -4.43. The van der Waals surface area contributed by atoms with Crippen molar-refractivity contribution in [2.45, 2.75) is 19.6 Å². The second kappa shape index (κ2) is 6.58. The molecule has 0 radical (unpaired) electrons. The highest BCUT2D eigenvalue weighted by atomic mass is 19.4. The summed E-state index contributed by atoms with van der Waals surface area (Å²) in [4.78, 5) is 15.0. The van der Waals surface area contributed by atoms with E-state index in [-0.39, 0.29) is 17.7 Å². The van der Waals surface area contributed by atoms with Crippen molar-refractivity contribution < 1.29 is 18.0 Å². The molecule has 0 saturated carbocycles. The normalized spacial score (nSPS) is 17.9. The van der Waals surface area contributed by atoms with Gasteiger partial charge in [0, 0.05) is 38.3 Å². The zero-order chi connectivity index (χ0) is 15.5. The average Bonchev–Trinajstić information content (AvgIpc) is 2.47. The molecule has 1 aromatic carbocycles. The van der Waals surface area contributed by atoms with Gasteiger partial charge in [0.25, 0.3) is 0 Å². The number of carbonyl (C=O) groups is 1. The van der Waals surface area contributed by atoms with Gasteiger partial charge in [-0.15, -0.1) is 0 Å². The minimum absolute atomic E-state index is 0.0573. The average molecular weight is 300 g/mol. The molecule has 0 unspecified atom stereocenters. The summed E-state index contributed by atoms with van der Waals surface area (Å²) in [5, 5.41) is 0. The largest absolute Gasteiger partial charge is 0.416 e. The van der Waals surface area contributed by atoms with Gasteiger partial charge < -0.3 is 4.90 Å². The number of hydrogen-bond donors (Lipinski definition) is 0. The van der Waals surface area contributed by atoms with Crippen molar-refractivity contribution in [3.63, 3.8) is 0 Å². The fourth-order valence-electron chi connectivity index (χ4n) is 2.57. The molecule has 0 atom stereocenters. The molecule has 0 amide bonds. The van der Waals surface area contributed by atoms with Gasteiger partial charge in [-0.05, 0) is 18.2 Å². The molecule has 2 rings (SSSR count). The molecular weight excluding hydrogens is 281 g/mol. The molecule has 1 aliphatic heterocycles. The third-order valence-corrected chi connectivity index (χ3v) is 3.88. The number of carbonyl (C=O) groups excluding carboxylic acids is 1. The van der Waals surface area contributed by atoms with Crippen molar-refractivity contribution in [3.8, 4) is 0 Å². The van der Waals surface area contributed by atoms with Gasteiger partial charge in [0.2, 0.25) is 0 Å². The lowest BCUT2D eigenvalue weighted by Gasteiger charge is -2.34. The zero-order valence-electron chi connectivity index (χ0n) is 12.0. The van der Waals surface area contributed by atoms with Gasteiger partial charge in [0.1, 0.15) is 6.29 Å². The van der Waals surface area contributed by atoms with Crippen LogP contribution >= 0.6 is 0 Å². The molecule has 0 bridgehead atoms. The molecule has 0 aliphatic carbocycles. The first kappa shape index (κ1) is 16.0. The highest BCUT2D eigenvalue weighted by Crippen LogP contribution is 2.33. The summed E-state index contributed by atoms with van der Waals surface area (Å²) in [5.74, 6) is 0. The second-order valence-electron chi connectivity index (χ2n) is 5.24. The SMILES string of the molecule is CCN1CCN(Cc2ccc(C=O)cc2C(F)(F)F)CC1. The van der Waals surface area contributed by atoms with Crippen LogP contribution in [0.4, 0.5) is 13.2 Å². The summed E-state index contributed by atoms with van der Waals surface area (Å²) in [6.45, 7) is 6.60. The van der Waals surface area contributed by atoms with E-state index in [9.17, 15) is 18.0 Å². The lowest BCUT2D eigenvalue weighted by atomic mass is 10.0. The van der Waals surface area contributed by atoms with Crippen LogP contribution in [0.25, 0.3) is 0 Å². The molecule has 116 valence electrons. The van der Waals surface area contributed by atoms with Crippen LogP contribution in [0.15, 0.2) is 18.2 Å². The van der Waals surface area contributed by atoms with Crippen molar-refractivity contribution >= 4 is 6.29 Å². The Bertz CT molecular complexity index is 494. The van der Waals surface area contributed by atoms with Gasteiger partial charge in [0.05, 0.1) is 5.56 Å². The van der Waals surface area contributed by atoms with Crippen molar-refractivity contribution in [2.75, 3.05) is 32.7 Å². The van der Waals surface area contributed by atoms with E-state index in [1.165, 1.54) is 12.1 Å². The van der Waals surface area contributed by atoms with Crippen LogP contribution in [0, 0.1) is 0 Å². The topological polar surface area (TPSA) is 23.6 Å². The van der Waals surface area contributed by atoms with E-state index in [1.54, 1.807) is 0 Å². The Hall–Kier alpha value is -1.40. The van der Waals surface area contributed by atoms with Gasteiger partial charge in [-0.1, -0.05) is 19.1 Å². The summed E-state index contributed by atoms with van der Waals surface area (Å²) in [5.41, 5.74) is -0.412. The van der Waals surface area contributed by atoms with Crippen LogP contribution in [0.5, 0.6) is 0 Å². The van der Waals surface area contributed by atoms with Gasteiger partial charge in [-0.25, -0.2) is 0 Å². The number of alkyl halides is 3. The molecular formula is C15H19F3N2O. The van der Waals surface area contributed by atoms with E-state index < -0.39 is 11.7 Å². The van der Waals surface area contributed by atoms with Crippen molar-refractivity contribution in [1.82, 2.24) is 9.80 Å². The lowest BCUT2D eigenvalue weighted by molar-refractivity contribution is -0.138. The molecule has 0 aromatic heterocycles. The number of rotatable bonds is 4. The maximum Gasteiger partial charge on any atom is 0.416 e. The Balaban J connectivity index is 2.14. The van der Waals surface area contributed by atoms with Crippen LogP contribution in [-0.4, -0.2) is 48.8 Å². The van der Waals surface area contributed by atoms with Crippen LogP contribution in [0.3, 0.4) is 0 Å². The molecule has 1 heterocycles. The lowest BCUT2D eigenvalue weighted by Crippen LogP contribution is -2.45.